The summed E-state index contributed by atoms with van der Waals surface area (Å²) >= 11 is 0. The molecule has 0 radical (unpaired) electrons. The number of aliphatic hydroxyl groups is 1. The fraction of sp³-hybridized carbons (Fsp3) is 0.220. The van der Waals surface area contributed by atoms with Crippen LogP contribution in [0.3, 0.4) is 0 Å². The van der Waals surface area contributed by atoms with Gasteiger partial charge in [-0.2, -0.15) is 0 Å². The first-order valence-electron chi connectivity index (χ1n) is 17.1. The van der Waals surface area contributed by atoms with Crippen LogP contribution in [0.1, 0.15) is 34.8 Å². The van der Waals surface area contributed by atoms with Crippen LogP contribution >= 0.6 is 0 Å². The van der Waals surface area contributed by atoms with E-state index in [0.717, 1.165) is 22.3 Å². The van der Waals surface area contributed by atoms with E-state index in [4.69, 9.17) is 29.0 Å². The molecule has 0 aliphatic carbocycles. The maximum atomic E-state index is 14.8. The number of benzene rings is 5. The van der Waals surface area contributed by atoms with Gasteiger partial charge in [0.25, 0.3) is 5.91 Å². The fourth-order valence-corrected chi connectivity index (χ4v) is 6.28. The number of nitrogens with one attached hydrogen (secondary N) is 2. The van der Waals surface area contributed by atoms with Crippen LogP contribution in [0.15, 0.2) is 131 Å². The minimum absolute atomic E-state index is 0.0331. The van der Waals surface area contributed by atoms with Gasteiger partial charge >= 0.3 is 0 Å². The van der Waals surface area contributed by atoms with Crippen molar-refractivity contribution < 1.29 is 28.8 Å². The number of carbonyl (C=O) groups excluding carboxylic acids is 1. The van der Waals surface area contributed by atoms with E-state index in [2.05, 4.69) is 20.9 Å². The third kappa shape index (κ3) is 8.26. The minimum atomic E-state index is -1.58. The number of amides is 1. The van der Waals surface area contributed by atoms with E-state index in [9.17, 15) is 10.3 Å². The second-order valence-corrected chi connectivity index (χ2v) is 12.2. The van der Waals surface area contributed by atoms with Gasteiger partial charge in [-0.25, -0.2) is 10.4 Å². The maximum Gasteiger partial charge on any atom is 0.266 e. The minimum Gasteiger partial charge on any atom is -0.494 e. The molecule has 1 aliphatic rings. The number of hydrogen-bond acceptors (Lipinski definition) is 9. The number of carbonyl (C=O) groups is 1. The van der Waals surface area contributed by atoms with Gasteiger partial charge in [-0.1, -0.05) is 96.1 Å². The number of nitrogens with zero attached hydrogens (tertiary/aromatic N) is 4. The van der Waals surface area contributed by atoms with Crippen molar-refractivity contribution in [2.45, 2.75) is 31.0 Å². The summed E-state index contributed by atoms with van der Waals surface area (Å²) in [6, 6.07) is 37.7. The van der Waals surface area contributed by atoms with Gasteiger partial charge in [0.2, 0.25) is 5.90 Å². The molecule has 0 bridgehead atoms. The lowest BCUT2D eigenvalue weighted by Crippen LogP contribution is -2.53. The third-order valence-corrected chi connectivity index (χ3v) is 8.92. The number of azide groups is 1. The van der Waals surface area contributed by atoms with Crippen LogP contribution in [-0.4, -0.2) is 49.9 Å². The second kappa shape index (κ2) is 17.3. The van der Waals surface area contributed by atoms with Gasteiger partial charge in [-0.15, -0.1) is 0 Å². The topological polar surface area (TPSA) is 159 Å². The van der Waals surface area contributed by atoms with Crippen molar-refractivity contribution in [1.29, 1.82) is 0 Å². The van der Waals surface area contributed by atoms with Gasteiger partial charge in [0.15, 0.2) is 23.1 Å². The molecule has 1 heterocycles. The standard InChI is InChI=1S/C41H40N6O6/c1-50-36-15-8-13-33(37(36)51-2)27-43-46-40(49)41(26-32-12-6-7-14-35(32)45-47-42)38(30-18-16-29(17-19-30)28-10-4-3-5-11-28)53-39(44-41)31-20-22-34(23-21-31)52-25-9-24-48/h3-8,10-23,38,43,48H,9,24-27H2,1-2H3,(H,46,49)/t38-,41-/m0/s1. The summed E-state index contributed by atoms with van der Waals surface area (Å²) in [4.78, 5) is 22.9. The average molecular weight is 713 g/mol. The molecule has 1 aliphatic heterocycles. The van der Waals surface area contributed by atoms with Gasteiger partial charge in [0, 0.05) is 47.7 Å². The third-order valence-electron chi connectivity index (χ3n) is 8.92. The van der Waals surface area contributed by atoms with Crippen molar-refractivity contribution in [3.8, 4) is 28.4 Å². The van der Waals surface area contributed by atoms with Crippen molar-refractivity contribution in [2.75, 3.05) is 27.4 Å². The monoisotopic (exact) mass is 712 g/mol. The fourth-order valence-electron chi connectivity index (χ4n) is 6.28. The van der Waals surface area contributed by atoms with Crippen molar-refractivity contribution >= 4 is 17.5 Å². The van der Waals surface area contributed by atoms with Crippen LogP contribution in [-0.2, 0) is 22.5 Å². The molecule has 1 amide bonds. The van der Waals surface area contributed by atoms with Crippen LogP contribution in [0.25, 0.3) is 21.6 Å². The first kappa shape index (κ1) is 36.5. The highest BCUT2D eigenvalue weighted by atomic mass is 16.5. The Morgan fingerprint density at radius 1 is 0.868 bits per heavy atom. The summed E-state index contributed by atoms with van der Waals surface area (Å²) < 4.78 is 23.5. The lowest BCUT2D eigenvalue weighted by Gasteiger charge is -2.31. The maximum absolute atomic E-state index is 14.8. The first-order valence-corrected chi connectivity index (χ1v) is 17.1. The highest BCUT2D eigenvalue weighted by Gasteiger charge is 2.53. The molecule has 0 saturated heterocycles. The van der Waals surface area contributed by atoms with Crippen LogP contribution in [0.5, 0.6) is 17.2 Å². The van der Waals surface area contributed by atoms with E-state index in [1.807, 2.05) is 91.0 Å². The normalized spacial score (nSPS) is 16.1. The Hall–Kier alpha value is -6.33. The second-order valence-electron chi connectivity index (χ2n) is 12.2. The van der Waals surface area contributed by atoms with Crippen molar-refractivity contribution in [3.63, 3.8) is 0 Å². The van der Waals surface area contributed by atoms with Gasteiger partial charge in [0.1, 0.15) is 5.75 Å². The number of aliphatic hydroxyl groups excluding tert-OH is 1. The molecular formula is C41H40N6O6. The summed E-state index contributed by atoms with van der Waals surface area (Å²) in [5.74, 6) is 1.52. The molecule has 53 heavy (non-hydrogen) atoms. The van der Waals surface area contributed by atoms with E-state index >= 15 is 0 Å². The first-order chi connectivity index (χ1) is 26.0. The summed E-state index contributed by atoms with van der Waals surface area (Å²) in [5, 5.41) is 13.1. The zero-order chi connectivity index (χ0) is 37.0. The van der Waals surface area contributed by atoms with Crippen LogP contribution in [0.2, 0.25) is 0 Å². The van der Waals surface area contributed by atoms with E-state index in [1.54, 1.807) is 44.6 Å². The molecule has 0 spiro atoms. The number of aliphatic imine (C=N–C) groups is 1. The van der Waals surface area contributed by atoms with Gasteiger partial charge in [0.05, 0.1) is 20.8 Å². The number of hydrazine groups is 1. The molecule has 0 fully saturated rings. The zero-order valence-electron chi connectivity index (χ0n) is 29.4. The molecule has 12 heteroatoms. The number of hydrogen-bond donors (Lipinski definition) is 3. The molecule has 5 aromatic rings. The summed E-state index contributed by atoms with van der Waals surface area (Å²) in [5.41, 5.74) is 18.9. The molecule has 6 rings (SSSR count). The van der Waals surface area contributed by atoms with Crippen molar-refractivity contribution in [3.05, 3.63) is 154 Å². The number of methoxy groups -OCH3 is 2. The number of ether oxygens (including phenoxy) is 4. The van der Waals surface area contributed by atoms with Gasteiger partial charge in [-0.05, 0) is 58.1 Å². The van der Waals surface area contributed by atoms with Crippen LogP contribution in [0, 0.1) is 0 Å². The summed E-state index contributed by atoms with van der Waals surface area (Å²) in [6.07, 6.45) is -0.347. The molecule has 0 unspecified atom stereocenters. The molecule has 0 aromatic heterocycles. The largest absolute Gasteiger partial charge is 0.494 e. The van der Waals surface area contributed by atoms with Crippen LogP contribution in [0.4, 0.5) is 5.69 Å². The van der Waals surface area contributed by atoms with Gasteiger partial charge < -0.3 is 24.1 Å². The quantitative estimate of drug-likeness (QED) is 0.0316. The van der Waals surface area contributed by atoms with E-state index in [0.29, 0.717) is 47.1 Å². The molecule has 0 saturated carbocycles. The predicted molar refractivity (Wildman–Crippen MR) is 202 cm³/mol. The Labute approximate surface area is 307 Å². The van der Waals surface area contributed by atoms with Gasteiger partial charge in [-0.3, -0.25) is 10.2 Å². The smallest absolute Gasteiger partial charge is 0.266 e. The lowest BCUT2D eigenvalue weighted by atomic mass is 9.81. The molecule has 2 atom stereocenters. The number of para-hydroxylation sites is 1. The van der Waals surface area contributed by atoms with Crippen molar-refractivity contribution in [2.24, 2.45) is 10.1 Å². The average Bonchev–Trinajstić information content (AvgIpc) is 3.59. The Bertz CT molecular complexity index is 2090. The summed E-state index contributed by atoms with van der Waals surface area (Å²) in [7, 11) is 3.12. The summed E-state index contributed by atoms with van der Waals surface area (Å²) in [6.45, 7) is 0.616. The lowest BCUT2D eigenvalue weighted by molar-refractivity contribution is -0.130. The highest BCUT2D eigenvalue weighted by molar-refractivity contribution is 6.01. The predicted octanol–water partition coefficient (Wildman–Crippen LogP) is 7.39. The Balaban J connectivity index is 1.41. The highest BCUT2D eigenvalue weighted by Crippen LogP contribution is 2.44. The number of rotatable bonds is 16. The van der Waals surface area contributed by atoms with Crippen LogP contribution < -0.4 is 25.1 Å². The molecular weight excluding hydrogens is 672 g/mol. The molecule has 3 N–H and O–H groups in total. The Morgan fingerprint density at radius 2 is 1.57 bits per heavy atom. The molecule has 5 aromatic carbocycles. The zero-order valence-corrected chi connectivity index (χ0v) is 29.4. The van der Waals surface area contributed by atoms with E-state index < -0.39 is 17.6 Å². The Morgan fingerprint density at radius 3 is 2.28 bits per heavy atom. The SMILES string of the molecule is COc1cccc(CNNC(=O)[C@@]2(Cc3ccccc3N=[N+]=[N-])N=C(c3ccc(OCCCO)cc3)O[C@H]2c2ccc(-c3ccccc3)cc2)c1OC. The molecule has 12 nitrogen and oxygen atoms in total. The van der Waals surface area contributed by atoms with E-state index in [-0.39, 0.29) is 25.5 Å². The van der Waals surface area contributed by atoms with E-state index in [1.165, 1.54) is 0 Å². The van der Waals surface area contributed by atoms with Crippen molar-refractivity contribution in [1.82, 2.24) is 10.9 Å². The molecule has 270 valence electrons. The Kier molecular flexibility index (Phi) is 11.9.